The number of methoxy groups -OCH3 is 1. The molecule has 0 bridgehead atoms. The van der Waals surface area contributed by atoms with Crippen LogP contribution in [0.3, 0.4) is 0 Å². The first-order valence-electron chi connectivity index (χ1n) is 13.5. The fourth-order valence-corrected chi connectivity index (χ4v) is 5.83. The Morgan fingerprint density at radius 2 is 1.79 bits per heavy atom. The molecule has 3 amide bonds. The monoisotopic (exact) mass is 596 g/mol. The second-order valence-corrected chi connectivity index (χ2v) is 12.3. The number of fused-ring (bicyclic) bond motifs is 1. The first-order chi connectivity index (χ1) is 20.0. The molecule has 224 valence electrons. The summed E-state index contributed by atoms with van der Waals surface area (Å²) in [6.45, 7) is 3.49. The average molecular weight is 597 g/mol. The molecule has 1 aliphatic rings. The van der Waals surface area contributed by atoms with Crippen LogP contribution in [0.25, 0.3) is 0 Å². The highest BCUT2D eigenvalue weighted by atomic mass is 32.2. The second-order valence-electron chi connectivity index (χ2n) is 10.2. The van der Waals surface area contributed by atoms with Gasteiger partial charge in [-0.15, -0.1) is 0 Å². The van der Waals surface area contributed by atoms with E-state index in [2.05, 4.69) is 10.6 Å². The van der Waals surface area contributed by atoms with Crippen molar-refractivity contribution < 1.29 is 32.6 Å². The van der Waals surface area contributed by atoms with E-state index < -0.39 is 28.2 Å². The van der Waals surface area contributed by atoms with Crippen molar-refractivity contribution in [2.24, 2.45) is 5.92 Å². The van der Waals surface area contributed by atoms with Crippen molar-refractivity contribution in [3.8, 4) is 11.5 Å². The third-order valence-corrected chi connectivity index (χ3v) is 9.01. The van der Waals surface area contributed by atoms with Crippen LogP contribution >= 0.6 is 0 Å². The molecule has 0 saturated carbocycles. The maximum Gasteiger partial charge on any atom is 0.323 e. The van der Waals surface area contributed by atoms with Gasteiger partial charge in [0.05, 0.1) is 42.4 Å². The second kappa shape index (κ2) is 13.2. The number of nitrogens with one attached hydrogen (secondary N) is 2. The maximum atomic E-state index is 13.7. The van der Waals surface area contributed by atoms with Crippen molar-refractivity contribution in [3.05, 3.63) is 78.4 Å². The van der Waals surface area contributed by atoms with E-state index in [1.54, 1.807) is 66.4 Å². The van der Waals surface area contributed by atoms with Crippen molar-refractivity contribution in [3.63, 3.8) is 0 Å². The Morgan fingerprint density at radius 3 is 2.43 bits per heavy atom. The molecule has 3 aromatic rings. The third kappa shape index (κ3) is 6.84. The molecular weight excluding hydrogens is 560 g/mol. The van der Waals surface area contributed by atoms with Crippen LogP contribution < -0.4 is 20.1 Å². The number of amides is 3. The van der Waals surface area contributed by atoms with Gasteiger partial charge in [0.1, 0.15) is 11.9 Å². The lowest BCUT2D eigenvalue weighted by molar-refractivity contribution is 0.0389. The predicted molar refractivity (Wildman–Crippen MR) is 159 cm³/mol. The van der Waals surface area contributed by atoms with Crippen molar-refractivity contribution in [1.29, 1.82) is 0 Å². The van der Waals surface area contributed by atoms with Crippen molar-refractivity contribution in [2.45, 2.75) is 30.9 Å². The predicted octanol–water partition coefficient (Wildman–Crippen LogP) is 3.88. The fraction of sp³-hybridized carbons (Fsp3) is 0.333. The molecule has 0 aliphatic carbocycles. The Bertz CT molecular complexity index is 1500. The van der Waals surface area contributed by atoms with Gasteiger partial charge in [-0.2, -0.15) is 4.31 Å². The number of urea groups is 1. The van der Waals surface area contributed by atoms with Crippen molar-refractivity contribution >= 4 is 33.3 Å². The molecule has 3 atom stereocenters. The Hall–Kier alpha value is -4.13. The van der Waals surface area contributed by atoms with Gasteiger partial charge < -0.3 is 30.1 Å². The first kappa shape index (κ1) is 30.8. The standard InChI is InChI=1S/C30H36N4O7S/c1-20-17-34(21(2)19-35)29(36)25-11-8-12-26(32-30(37)31-22-9-6-5-7-10-22)28(25)41-27(20)18-33(3)42(38,39)24-15-13-23(40-4)14-16-24/h5-16,20-21,27,35H,17-19H2,1-4H3,(H2,31,32,37)/t20-,21-,27+/m1/s1. The Morgan fingerprint density at radius 1 is 1.10 bits per heavy atom. The lowest BCUT2D eigenvalue weighted by atomic mass is 9.99. The van der Waals surface area contributed by atoms with Gasteiger partial charge in [0.25, 0.3) is 5.91 Å². The SMILES string of the molecule is COc1ccc(S(=O)(=O)N(C)C[C@@H]2Oc3c(NC(=O)Nc4ccccc4)cccc3C(=O)N([C@H](C)CO)C[C@H]2C)cc1. The van der Waals surface area contributed by atoms with Crippen LogP contribution in [-0.4, -0.2) is 80.7 Å². The number of aliphatic hydroxyl groups is 1. The lowest BCUT2D eigenvalue weighted by Gasteiger charge is -2.38. The molecule has 3 aromatic carbocycles. The van der Waals surface area contributed by atoms with E-state index in [0.29, 0.717) is 11.4 Å². The fourth-order valence-electron chi connectivity index (χ4n) is 4.65. The van der Waals surface area contributed by atoms with Gasteiger partial charge >= 0.3 is 6.03 Å². The summed E-state index contributed by atoms with van der Waals surface area (Å²) < 4.78 is 39.6. The molecule has 3 N–H and O–H groups in total. The minimum Gasteiger partial charge on any atom is -0.497 e. The van der Waals surface area contributed by atoms with Crippen LogP contribution in [0.4, 0.5) is 16.2 Å². The van der Waals surface area contributed by atoms with Gasteiger partial charge in [0.15, 0.2) is 5.75 Å². The summed E-state index contributed by atoms with van der Waals surface area (Å²) in [5.74, 6) is -0.0732. The zero-order valence-electron chi connectivity index (χ0n) is 24.0. The molecule has 12 heteroatoms. The molecule has 4 rings (SSSR count). The molecule has 1 aliphatic heterocycles. The summed E-state index contributed by atoms with van der Waals surface area (Å²) in [4.78, 5) is 28.2. The number of ether oxygens (including phenoxy) is 2. The number of rotatable bonds is 9. The number of hydrogen-bond acceptors (Lipinski definition) is 7. The highest BCUT2D eigenvalue weighted by Crippen LogP contribution is 2.35. The molecule has 0 unspecified atom stereocenters. The van der Waals surface area contributed by atoms with Crippen LogP contribution in [0.2, 0.25) is 0 Å². The van der Waals surface area contributed by atoms with E-state index in [1.165, 1.54) is 30.6 Å². The van der Waals surface area contributed by atoms with Gasteiger partial charge in [-0.3, -0.25) is 4.79 Å². The largest absolute Gasteiger partial charge is 0.497 e. The number of anilines is 2. The Kier molecular flexibility index (Phi) is 9.71. The smallest absolute Gasteiger partial charge is 0.323 e. The van der Waals surface area contributed by atoms with Gasteiger partial charge in [-0.05, 0) is 55.5 Å². The van der Waals surface area contributed by atoms with Crippen LogP contribution in [0, 0.1) is 5.92 Å². The van der Waals surface area contributed by atoms with E-state index in [-0.39, 0.29) is 53.4 Å². The third-order valence-electron chi connectivity index (χ3n) is 7.18. The zero-order valence-corrected chi connectivity index (χ0v) is 24.8. The minimum absolute atomic E-state index is 0.0466. The Balaban J connectivity index is 1.68. The molecule has 1 heterocycles. The number of benzene rings is 3. The molecule has 0 aromatic heterocycles. The van der Waals surface area contributed by atoms with Gasteiger partial charge in [0.2, 0.25) is 10.0 Å². The summed E-state index contributed by atoms with van der Waals surface area (Å²) in [6.07, 6.45) is -0.719. The number of carbonyl (C=O) groups excluding carboxylic acids is 2. The molecule has 0 spiro atoms. The van der Waals surface area contributed by atoms with E-state index in [1.807, 2.05) is 13.0 Å². The van der Waals surface area contributed by atoms with E-state index in [9.17, 15) is 23.1 Å². The summed E-state index contributed by atoms with van der Waals surface area (Å²) in [5, 5.41) is 15.4. The van der Waals surface area contributed by atoms with E-state index in [0.717, 1.165) is 0 Å². The average Bonchev–Trinajstić information content (AvgIpc) is 2.99. The van der Waals surface area contributed by atoms with Gasteiger partial charge in [-0.1, -0.05) is 31.2 Å². The summed E-state index contributed by atoms with van der Waals surface area (Å²) in [7, 11) is -0.931. The lowest BCUT2D eigenvalue weighted by Crippen LogP contribution is -2.50. The molecule has 0 fully saturated rings. The van der Waals surface area contributed by atoms with Crippen LogP contribution in [0.15, 0.2) is 77.7 Å². The highest BCUT2D eigenvalue weighted by Gasteiger charge is 2.36. The zero-order chi connectivity index (χ0) is 30.4. The van der Waals surface area contributed by atoms with Crippen LogP contribution in [0.5, 0.6) is 11.5 Å². The number of aliphatic hydroxyl groups excluding tert-OH is 1. The topological polar surface area (TPSA) is 138 Å². The molecular formula is C30H36N4O7S. The molecule has 0 radical (unpaired) electrons. The highest BCUT2D eigenvalue weighted by molar-refractivity contribution is 7.89. The quantitative estimate of drug-likeness (QED) is 0.341. The number of hydrogen-bond donors (Lipinski definition) is 3. The molecule has 42 heavy (non-hydrogen) atoms. The van der Waals surface area contributed by atoms with Crippen molar-refractivity contribution in [1.82, 2.24) is 9.21 Å². The Labute approximate surface area is 246 Å². The molecule has 0 saturated heterocycles. The van der Waals surface area contributed by atoms with Crippen LogP contribution in [-0.2, 0) is 10.0 Å². The van der Waals surface area contributed by atoms with Crippen molar-refractivity contribution in [2.75, 3.05) is 44.5 Å². The van der Waals surface area contributed by atoms with Gasteiger partial charge in [0, 0.05) is 25.2 Å². The van der Waals surface area contributed by atoms with Gasteiger partial charge in [-0.25, -0.2) is 13.2 Å². The molecule has 11 nitrogen and oxygen atoms in total. The number of carbonyl (C=O) groups is 2. The van der Waals surface area contributed by atoms with E-state index in [4.69, 9.17) is 9.47 Å². The van der Waals surface area contributed by atoms with Crippen LogP contribution in [0.1, 0.15) is 24.2 Å². The minimum atomic E-state index is -3.90. The number of likely N-dealkylation sites (N-methyl/N-ethyl adjacent to an activating group) is 1. The van der Waals surface area contributed by atoms with E-state index >= 15 is 0 Å². The number of para-hydroxylation sites is 2. The number of sulfonamides is 1. The summed E-state index contributed by atoms with van der Waals surface area (Å²) in [6, 6.07) is 18.7. The maximum absolute atomic E-state index is 13.7. The number of nitrogens with zero attached hydrogens (tertiary/aromatic N) is 2. The summed E-state index contributed by atoms with van der Waals surface area (Å²) >= 11 is 0. The summed E-state index contributed by atoms with van der Waals surface area (Å²) in [5.41, 5.74) is 1.00. The normalized spacial score (nSPS) is 17.9. The first-order valence-corrected chi connectivity index (χ1v) is 14.9.